The summed E-state index contributed by atoms with van der Waals surface area (Å²) >= 11 is 1.25. The zero-order valence-corrected chi connectivity index (χ0v) is 16.5. The molecule has 0 bridgehead atoms. The van der Waals surface area contributed by atoms with E-state index in [0.29, 0.717) is 27.7 Å². The Kier molecular flexibility index (Phi) is 5.09. The van der Waals surface area contributed by atoms with Gasteiger partial charge in [0.25, 0.3) is 0 Å². The van der Waals surface area contributed by atoms with Crippen molar-refractivity contribution < 1.29 is 9.53 Å². The van der Waals surface area contributed by atoms with Gasteiger partial charge in [-0.3, -0.25) is 9.89 Å². The van der Waals surface area contributed by atoms with Crippen LogP contribution >= 0.6 is 11.8 Å². The van der Waals surface area contributed by atoms with Crippen molar-refractivity contribution >= 4 is 34.4 Å². The maximum Gasteiger partial charge on any atom is 0.323 e. The third-order valence-corrected chi connectivity index (χ3v) is 5.22. The van der Waals surface area contributed by atoms with E-state index in [1.54, 1.807) is 32.2 Å². The van der Waals surface area contributed by atoms with E-state index in [9.17, 15) is 9.59 Å². The average molecular weight is 410 g/mol. The highest BCUT2D eigenvalue weighted by Gasteiger charge is 2.18. The predicted molar refractivity (Wildman–Crippen MR) is 111 cm³/mol. The maximum atomic E-state index is 12.5. The van der Waals surface area contributed by atoms with Crippen molar-refractivity contribution in [1.29, 1.82) is 0 Å². The van der Waals surface area contributed by atoms with Gasteiger partial charge in [0.15, 0.2) is 5.82 Å². The van der Waals surface area contributed by atoms with Crippen LogP contribution in [-0.4, -0.2) is 43.4 Å². The van der Waals surface area contributed by atoms with Gasteiger partial charge in [-0.2, -0.15) is 0 Å². The number of aromatic amines is 3. The summed E-state index contributed by atoms with van der Waals surface area (Å²) in [4.78, 5) is 33.6. The number of aromatic nitrogens is 5. The second kappa shape index (κ2) is 7.84. The molecule has 148 valence electrons. The number of carbonyl (C=O) groups excluding carboxylic acids is 1. The van der Waals surface area contributed by atoms with Crippen LogP contribution in [0.15, 0.2) is 52.4 Å². The minimum Gasteiger partial charge on any atom is -0.497 e. The lowest BCUT2D eigenvalue weighted by molar-refractivity contribution is -0.115. The molecule has 10 heteroatoms. The molecule has 1 atom stereocenters. The number of amides is 1. The number of carbonyl (C=O) groups is 1. The highest BCUT2D eigenvalue weighted by atomic mass is 32.2. The summed E-state index contributed by atoms with van der Waals surface area (Å²) in [7, 11) is 1.61. The first-order valence-electron chi connectivity index (χ1n) is 8.78. The highest BCUT2D eigenvalue weighted by molar-refractivity contribution is 8.00. The zero-order valence-electron chi connectivity index (χ0n) is 15.6. The molecule has 2 heterocycles. The summed E-state index contributed by atoms with van der Waals surface area (Å²) in [6, 6.07) is 12.6. The highest BCUT2D eigenvalue weighted by Crippen LogP contribution is 2.25. The molecule has 29 heavy (non-hydrogen) atoms. The lowest BCUT2D eigenvalue weighted by atomic mass is 10.2. The molecule has 9 nitrogen and oxygen atoms in total. The topological polar surface area (TPSA) is 129 Å². The smallest absolute Gasteiger partial charge is 0.323 e. The fourth-order valence-corrected chi connectivity index (χ4v) is 3.47. The first-order valence-corrected chi connectivity index (χ1v) is 9.66. The van der Waals surface area contributed by atoms with Crippen LogP contribution < -0.4 is 15.7 Å². The van der Waals surface area contributed by atoms with Crippen molar-refractivity contribution in [1.82, 2.24) is 25.1 Å². The molecular weight excluding hydrogens is 392 g/mol. The number of hydrogen-bond donors (Lipinski definition) is 4. The Morgan fingerprint density at radius 3 is 2.66 bits per heavy atom. The van der Waals surface area contributed by atoms with Crippen molar-refractivity contribution in [2.45, 2.75) is 17.3 Å². The molecule has 0 spiro atoms. The Labute approximate surface area is 169 Å². The summed E-state index contributed by atoms with van der Waals surface area (Å²) in [5.41, 5.74) is 2.49. The van der Waals surface area contributed by atoms with E-state index in [0.717, 1.165) is 11.3 Å². The summed E-state index contributed by atoms with van der Waals surface area (Å²) < 4.78 is 5.15. The van der Waals surface area contributed by atoms with Gasteiger partial charge in [0.1, 0.15) is 5.75 Å². The molecule has 0 aliphatic heterocycles. The second-order valence-corrected chi connectivity index (χ2v) is 7.59. The van der Waals surface area contributed by atoms with Crippen molar-refractivity contribution in [2.75, 3.05) is 12.4 Å². The number of nitrogens with one attached hydrogen (secondary N) is 4. The van der Waals surface area contributed by atoms with Crippen LogP contribution in [0.1, 0.15) is 6.92 Å². The molecule has 4 N–H and O–H groups in total. The Balaban J connectivity index is 1.41. The van der Waals surface area contributed by atoms with E-state index < -0.39 is 5.25 Å². The Bertz CT molecular complexity index is 1210. The van der Waals surface area contributed by atoms with E-state index in [4.69, 9.17) is 4.74 Å². The summed E-state index contributed by atoms with van der Waals surface area (Å²) in [5.74, 6) is 1.18. The number of methoxy groups -OCH3 is 1. The third kappa shape index (κ3) is 4.16. The largest absolute Gasteiger partial charge is 0.497 e. The average Bonchev–Trinajstić information content (AvgIpc) is 3.33. The summed E-state index contributed by atoms with van der Waals surface area (Å²) in [5, 5.41) is 9.96. The van der Waals surface area contributed by atoms with Gasteiger partial charge < -0.3 is 20.0 Å². The van der Waals surface area contributed by atoms with E-state index in [1.165, 1.54) is 11.8 Å². The van der Waals surface area contributed by atoms with Crippen LogP contribution in [0.3, 0.4) is 0 Å². The Morgan fingerprint density at radius 1 is 1.14 bits per heavy atom. The van der Waals surface area contributed by atoms with Crippen molar-refractivity contribution in [3.8, 4) is 17.1 Å². The van der Waals surface area contributed by atoms with Crippen LogP contribution in [0.2, 0.25) is 0 Å². The Morgan fingerprint density at radius 2 is 1.90 bits per heavy atom. The van der Waals surface area contributed by atoms with Crippen molar-refractivity contribution in [3.05, 3.63) is 52.9 Å². The Hall–Kier alpha value is -3.53. The SMILES string of the molecule is COc1ccc(-c2nc(SC(C)C(=O)Nc3ccc4[nH]c(=O)[nH]c4c3)n[nH]2)cc1. The maximum absolute atomic E-state index is 12.5. The van der Waals surface area contributed by atoms with Crippen LogP contribution in [0, 0.1) is 0 Å². The zero-order chi connectivity index (χ0) is 20.4. The molecule has 0 fully saturated rings. The van der Waals surface area contributed by atoms with E-state index in [2.05, 4.69) is 30.5 Å². The molecule has 2 aromatic carbocycles. The molecule has 0 saturated carbocycles. The minimum absolute atomic E-state index is 0.192. The fourth-order valence-electron chi connectivity index (χ4n) is 2.74. The van der Waals surface area contributed by atoms with Gasteiger partial charge in [-0.1, -0.05) is 11.8 Å². The number of hydrogen-bond acceptors (Lipinski definition) is 6. The van der Waals surface area contributed by atoms with Crippen LogP contribution in [0.25, 0.3) is 22.4 Å². The minimum atomic E-state index is -0.421. The number of fused-ring (bicyclic) bond motifs is 1. The van der Waals surface area contributed by atoms with Gasteiger partial charge in [0.2, 0.25) is 11.1 Å². The number of nitrogens with zero attached hydrogens (tertiary/aromatic N) is 2. The number of H-pyrrole nitrogens is 3. The molecule has 4 rings (SSSR count). The number of ether oxygens (including phenoxy) is 1. The van der Waals surface area contributed by atoms with Gasteiger partial charge in [-0.25, -0.2) is 9.78 Å². The van der Waals surface area contributed by atoms with Crippen molar-refractivity contribution in [3.63, 3.8) is 0 Å². The number of thioether (sulfide) groups is 1. The number of anilines is 1. The summed E-state index contributed by atoms with van der Waals surface area (Å²) in [6.07, 6.45) is 0. The van der Waals surface area contributed by atoms with Gasteiger partial charge >= 0.3 is 5.69 Å². The predicted octanol–water partition coefficient (Wildman–Crippen LogP) is 2.77. The first-order chi connectivity index (χ1) is 14.0. The molecule has 4 aromatic rings. The van der Waals surface area contributed by atoms with Gasteiger partial charge in [-0.15, -0.1) is 5.10 Å². The normalized spacial score (nSPS) is 12.1. The first kappa shape index (κ1) is 18.8. The molecule has 0 aliphatic rings. The molecule has 2 aromatic heterocycles. The van der Waals surface area contributed by atoms with Gasteiger partial charge in [-0.05, 0) is 49.4 Å². The quantitative estimate of drug-likeness (QED) is 0.362. The van der Waals surface area contributed by atoms with Crippen LogP contribution in [0.4, 0.5) is 5.69 Å². The number of benzene rings is 2. The standard InChI is InChI=1S/C19H18N6O3S/c1-10(17(26)20-12-5-8-14-15(9-12)22-18(27)21-14)29-19-23-16(24-25-19)11-3-6-13(28-2)7-4-11/h3-10H,1-2H3,(H,20,26)(H2,21,22,27)(H,23,24,25). The van der Waals surface area contributed by atoms with Gasteiger partial charge in [0, 0.05) is 11.3 Å². The number of rotatable bonds is 6. The van der Waals surface area contributed by atoms with E-state index in [-0.39, 0.29) is 11.6 Å². The van der Waals surface area contributed by atoms with Crippen LogP contribution in [-0.2, 0) is 4.79 Å². The van der Waals surface area contributed by atoms with Crippen molar-refractivity contribution in [2.24, 2.45) is 0 Å². The fraction of sp³-hybridized carbons (Fsp3) is 0.158. The van der Waals surface area contributed by atoms with E-state index in [1.807, 2.05) is 24.3 Å². The molecule has 0 aliphatic carbocycles. The monoisotopic (exact) mass is 410 g/mol. The van der Waals surface area contributed by atoms with Gasteiger partial charge in [0.05, 0.1) is 23.4 Å². The number of imidazole rings is 1. The molecular formula is C19H18N6O3S. The lowest BCUT2D eigenvalue weighted by Crippen LogP contribution is -2.22. The second-order valence-electron chi connectivity index (χ2n) is 6.28. The lowest BCUT2D eigenvalue weighted by Gasteiger charge is -2.10. The third-order valence-electron chi connectivity index (χ3n) is 4.26. The van der Waals surface area contributed by atoms with Crippen LogP contribution in [0.5, 0.6) is 5.75 Å². The molecule has 0 radical (unpaired) electrons. The molecule has 1 amide bonds. The van der Waals surface area contributed by atoms with E-state index >= 15 is 0 Å². The molecule has 1 unspecified atom stereocenters. The summed E-state index contributed by atoms with van der Waals surface area (Å²) in [6.45, 7) is 1.78. The molecule has 0 saturated heterocycles.